The van der Waals surface area contributed by atoms with Gasteiger partial charge in [-0.1, -0.05) is 22.9 Å². The van der Waals surface area contributed by atoms with Gasteiger partial charge >= 0.3 is 0 Å². The first kappa shape index (κ1) is 10.3. The highest BCUT2D eigenvalue weighted by molar-refractivity contribution is 9.10. The number of carbonyl (C=O) groups is 1. The highest BCUT2D eigenvalue weighted by atomic mass is 79.9. The second-order valence-corrected chi connectivity index (χ2v) is 3.75. The molecule has 3 heteroatoms. The number of hydrogen-bond acceptors (Lipinski definition) is 2. The van der Waals surface area contributed by atoms with Gasteiger partial charge < -0.3 is 5.11 Å². The molecule has 1 N–H and O–H groups in total. The average Bonchev–Trinajstić information content (AvgIpc) is 2.09. The third-order valence-corrected chi connectivity index (χ3v) is 2.23. The number of rotatable bonds is 3. The molecular weight excluding hydrogens is 232 g/mol. The summed E-state index contributed by atoms with van der Waals surface area (Å²) in [6, 6.07) is 4.87. The zero-order chi connectivity index (χ0) is 9.84. The molecule has 0 saturated heterocycles. The summed E-state index contributed by atoms with van der Waals surface area (Å²) < 4.78 is 0.810. The van der Waals surface area contributed by atoms with Crippen molar-refractivity contribution in [1.29, 1.82) is 0 Å². The average molecular weight is 243 g/mol. The van der Waals surface area contributed by atoms with E-state index in [0.29, 0.717) is 12.0 Å². The van der Waals surface area contributed by atoms with Crippen molar-refractivity contribution in [1.82, 2.24) is 0 Å². The summed E-state index contributed by atoms with van der Waals surface area (Å²) in [5, 5.41) is 9.39. The van der Waals surface area contributed by atoms with E-state index in [1.807, 2.05) is 6.92 Å². The molecule has 0 unspecified atom stereocenters. The Balaban J connectivity index is 2.99. The van der Waals surface area contributed by atoms with Crippen LogP contribution < -0.4 is 0 Å². The van der Waals surface area contributed by atoms with Crippen LogP contribution in [0.5, 0.6) is 5.75 Å². The lowest BCUT2D eigenvalue weighted by Crippen LogP contribution is -1.98. The minimum Gasteiger partial charge on any atom is -0.507 e. The van der Waals surface area contributed by atoms with Crippen molar-refractivity contribution in [3.05, 3.63) is 28.2 Å². The molecule has 0 radical (unpaired) electrons. The Kier molecular flexibility index (Phi) is 3.48. The maximum atomic E-state index is 11.4. The van der Waals surface area contributed by atoms with Gasteiger partial charge in [-0.15, -0.1) is 0 Å². The van der Waals surface area contributed by atoms with E-state index in [1.165, 1.54) is 6.07 Å². The smallest absolute Gasteiger partial charge is 0.166 e. The Morgan fingerprint density at radius 2 is 2.23 bits per heavy atom. The molecule has 1 aromatic carbocycles. The van der Waals surface area contributed by atoms with E-state index < -0.39 is 0 Å². The van der Waals surface area contributed by atoms with E-state index in [-0.39, 0.29) is 11.5 Å². The summed E-state index contributed by atoms with van der Waals surface area (Å²) in [6.45, 7) is 1.94. The molecule has 0 amide bonds. The van der Waals surface area contributed by atoms with Crippen molar-refractivity contribution in [3.63, 3.8) is 0 Å². The van der Waals surface area contributed by atoms with E-state index in [0.717, 1.165) is 10.9 Å². The highest BCUT2D eigenvalue weighted by Crippen LogP contribution is 2.23. The normalized spacial score (nSPS) is 10.0. The van der Waals surface area contributed by atoms with Crippen molar-refractivity contribution in [3.8, 4) is 5.75 Å². The predicted molar refractivity (Wildman–Crippen MR) is 55.0 cm³/mol. The van der Waals surface area contributed by atoms with E-state index in [9.17, 15) is 9.90 Å². The molecule has 0 aliphatic rings. The third kappa shape index (κ3) is 2.56. The summed E-state index contributed by atoms with van der Waals surface area (Å²) in [6.07, 6.45) is 1.27. The molecule has 1 aromatic rings. The van der Waals surface area contributed by atoms with E-state index in [4.69, 9.17) is 0 Å². The number of carbonyl (C=O) groups excluding carboxylic acids is 1. The molecule has 0 aliphatic carbocycles. The standard InChI is InChI=1S/C10H11BrO2/c1-2-3-9(12)8-6-7(11)4-5-10(8)13/h4-6,13H,2-3H2,1H3. The molecule has 1 rings (SSSR count). The van der Waals surface area contributed by atoms with Crippen LogP contribution in [0.15, 0.2) is 22.7 Å². The first-order valence-corrected chi connectivity index (χ1v) is 4.96. The van der Waals surface area contributed by atoms with Gasteiger partial charge in [0.1, 0.15) is 5.75 Å². The monoisotopic (exact) mass is 242 g/mol. The van der Waals surface area contributed by atoms with Crippen molar-refractivity contribution < 1.29 is 9.90 Å². The van der Waals surface area contributed by atoms with Crippen LogP contribution in [0.1, 0.15) is 30.1 Å². The van der Waals surface area contributed by atoms with Gasteiger partial charge in [-0.25, -0.2) is 0 Å². The molecule has 0 atom stereocenters. The number of halogens is 1. The van der Waals surface area contributed by atoms with Crippen molar-refractivity contribution >= 4 is 21.7 Å². The number of Topliss-reactive ketones (excluding diaryl/α,β-unsaturated/α-hetero) is 1. The fourth-order valence-electron chi connectivity index (χ4n) is 1.09. The van der Waals surface area contributed by atoms with Gasteiger partial charge in [0, 0.05) is 10.9 Å². The molecule has 2 nitrogen and oxygen atoms in total. The highest BCUT2D eigenvalue weighted by Gasteiger charge is 2.09. The van der Waals surface area contributed by atoms with Gasteiger partial charge in [-0.05, 0) is 24.6 Å². The Morgan fingerprint density at radius 1 is 1.54 bits per heavy atom. The van der Waals surface area contributed by atoms with Crippen LogP contribution in [0.3, 0.4) is 0 Å². The van der Waals surface area contributed by atoms with Crippen molar-refractivity contribution in [2.45, 2.75) is 19.8 Å². The van der Waals surface area contributed by atoms with Gasteiger partial charge in [-0.2, -0.15) is 0 Å². The Labute approximate surface area is 85.7 Å². The van der Waals surface area contributed by atoms with E-state index in [2.05, 4.69) is 15.9 Å². The van der Waals surface area contributed by atoms with Gasteiger partial charge in [-0.3, -0.25) is 4.79 Å². The topological polar surface area (TPSA) is 37.3 Å². The van der Waals surface area contributed by atoms with Crippen molar-refractivity contribution in [2.75, 3.05) is 0 Å². The fourth-order valence-corrected chi connectivity index (χ4v) is 1.45. The molecule has 0 saturated carbocycles. The third-order valence-electron chi connectivity index (χ3n) is 1.74. The lowest BCUT2D eigenvalue weighted by atomic mass is 10.1. The zero-order valence-electron chi connectivity index (χ0n) is 7.38. The Morgan fingerprint density at radius 3 is 2.85 bits per heavy atom. The molecule has 0 aromatic heterocycles. The van der Waals surface area contributed by atoms with Gasteiger partial charge in [0.15, 0.2) is 5.78 Å². The van der Waals surface area contributed by atoms with Crippen LogP contribution in [0.4, 0.5) is 0 Å². The Bertz CT molecular complexity index is 321. The summed E-state index contributed by atoms with van der Waals surface area (Å²) in [5.41, 5.74) is 0.399. The summed E-state index contributed by atoms with van der Waals surface area (Å²) in [5.74, 6) is 0.0444. The molecule has 0 fully saturated rings. The summed E-state index contributed by atoms with van der Waals surface area (Å²) >= 11 is 3.25. The van der Waals surface area contributed by atoms with E-state index in [1.54, 1.807) is 12.1 Å². The molecule has 0 bridgehead atoms. The number of phenols is 1. The van der Waals surface area contributed by atoms with Crippen LogP contribution in [-0.2, 0) is 0 Å². The fraction of sp³-hybridized carbons (Fsp3) is 0.300. The van der Waals surface area contributed by atoms with Gasteiger partial charge in [0.05, 0.1) is 5.56 Å². The summed E-state index contributed by atoms with van der Waals surface area (Å²) in [7, 11) is 0. The number of phenolic OH excluding ortho intramolecular Hbond substituents is 1. The van der Waals surface area contributed by atoms with Crippen LogP contribution >= 0.6 is 15.9 Å². The number of benzene rings is 1. The first-order valence-electron chi connectivity index (χ1n) is 4.17. The van der Waals surface area contributed by atoms with Crippen LogP contribution in [-0.4, -0.2) is 10.9 Å². The molecule has 70 valence electrons. The van der Waals surface area contributed by atoms with Crippen LogP contribution in [0.25, 0.3) is 0 Å². The first-order chi connectivity index (χ1) is 6.15. The van der Waals surface area contributed by atoms with Gasteiger partial charge in [0.2, 0.25) is 0 Å². The lowest BCUT2D eigenvalue weighted by molar-refractivity contribution is 0.0979. The van der Waals surface area contributed by atoms with Crippen LogP contribution in [0, 0.1) is 0 Å². The molecule has 13 heavy (non-hydrogen) atoms. The second kappa shape index (κ2) is 4.42. The minimum atomic E-state index is -0.0127. The molecule has 0 aliphatic heterocycles. The number of hydrogen-bond donors (Lipinski definition) is 1. The van der Waals surface area contributed by atoms with Crippen molar-refractivity contribution in [2.24, 2.45) is 0 Å². The SMILES string of the molecule is CCCC(=O)c1cc(Br)ccc1O. The minimum absolute atomic E-state index is 0.0127. The van der Waals surface area contributed by atoms with Crippen LogP contribution in [0.2, 0.25) is 0 Å². The number of aromatic hydroxyl groups is 1. The van der Waals surface area contributed by atoms with Gasteiger partial charge in [0.25, 0.3) is 0 Å². The van der Waals surface area contributed by atoms with E-state index >= 15 is 0 Å². The maximum Gasteiger partial charge on any atom is 0.166 e. The predicted octanol–water partition coefficient (Wildman–Crippen LogP) is 3.14. The molecule has 0 spiro atoms. The maximum absolute atomic E-state index is 11.4. The second-order valence-electron chi connectivity index (χ2n) is 2.83. The largest absolute Gasteiger partial charge is 0.507 e. The quantitative estimate of drug-likeness (QED) is 0.828. The molecular formula is C10H11BrO2. The summed E-state index contributed by atoms with van der Waals surface area (Å²) in [4.78, 5) is 11.4. The number of ketones is 1. The zero-order valence-corrected chi connectivity index (χ0v) is 8.97. The lowest BCUT2D eigenvalue weighted by Gasteiger charge is -2.02. The molecule has 0 heterocycles. The Hall–Kier alpha value is -0.830.